The van der Waals surface area contributed by atoms with Crippen molar-refractivity contribution < 1.29 is 9.18 Å². The molecular weight excluding hydrogens is 261 g/mol. The Balaban J connectivity index is 2.52. The van der Waals surface area contributed by atoms with Crippen molar-refractivity contribution in [3.05, 3.63) is 39.6 Å². The number of hydrogen-bond acceptors (Lipinski definition) is 3. The summed E-state index contributed by atoms with van der Waals surface area (Å²) in [5.74, 6) is -0.444. The van der Waals surface area contributed by atoms with Gasteiger partial charge in [0.1, 0.15) is 16.5 Å². The van der Waals surface area contributed by atoms with Crippen LogP contribution in [0.3, 0.4) is 0 Å². The van der Waals surface area contributed by atoms with Crippen molar-refractivity contribution in [3.63, 3.8) is 0 Å². The van der Waals surface area contributed by atoms with Crippen molar-refractivity contribution in [1.29, 1.82) is 0 Å². The number of hydrogen-bond donors (Lipinski definition) is 0. The van der Waals surface area contributed by atoms with Gasteiger partial charge in [0.25, 0.3) is 0 Å². The van der Waals surface area contributed by atoms with Crippen molar-refractivity contribution >= 4 is 28.7 Å². The average Bonchev–Trinajstić information content (AvgIpc) is 2.72. The first kappa shape index (κ1) is 12.2. The van der Waals surface area contributed by atoms with Gasteiger partial charge in [-0.15, -0.1) is 11.3 Å². The van der Waals surface area contributed by atoms with Crippen LogP contribution in [-0.4, -0.2) is 10.8 Å². The molecule has 0 amide bonds. The topological polar surface area (TPSA) is 30.0 Å². The van der Waals surface area contributed by atoms with Crippen LogP contribution in [0.15, 0.2) is 17.5 Å². The van der Waals surface area contributed by atoms with Crippen LogP contribution >= 0.6 is 22.9 Å². The van der Waals surface area contributed by atoms with E-state index in [4.69, 9.17) is 11.6 Å². The molecule has 0 radical (unpaired) electrons. The Labute approximate surface area is 107 Å². The van der Waals surface area contributed by atoms with E-state index in [0.717, 1.165) is 0 Å². The highest BCUT2D eigenvalue weighted by molar-refractivity contribution is 7.13. The van der Waals surface area contributed by atoms with Crippen LogP contribution in [0, 0.1) is 12.7 Å². The van der Waals surface area contributed by atoms with E-state index >= 15 is 0 Å². The monoisotopic (exact) mass is 269 g/mol. The zero-order valence-electron chi connectivity index (χ0n) is 9.25. The van der Waals surface area contributed by atoms with Gasteiger partial charge in [0.15, 0.2) is 5.78 Å². The molecule has 0 aliphatic rings. The number of benzene rings is 1. The maximum atomic E-state index is 13.5. The Bertz CT molecular complexity index is 594. The Morgan fingerprint density at radius 2 is 2.18 bits per heavy atom. The fraction of sp³-hybridized carbons (Fsp3) is 0.167. The number of ketones is 1. The van der Waals surface area contributed by atoms with Gasteiger partial charge in [0.05, 0.1) is 5.02 Å². The number of Topliss-reactive ketones (excluding diaryl/α,β-unsaturated/α-hetero) is 1. The highest BCUT2D eigenvalue weighted by Crippen LogP contribution is 2.32. The summed E-state index contributed by atoms with van der Waals surface area (Å²) in [6.45, 7) is 3.09. The number of carbonyl (C=O) groups excluding carboxylic acids is 1. The van der Waals surface area contributed by atoms with E-state index in [9.17, 15) is 9.18 Å². The summed E-state index contributed by atoms with van der Waals surface area (Å²) in [6, 6.07) is 2.90. The molecule has 0 fully saturated rings. The quantitative estimate of drug-likeness (QED) is 0.768. The van der Waals surface area contributed by atoms with Crippen molar-refractivity contribution in [1.82, 2.24) is 4.98 Å². The maximum Gasteiger partial charge on any atom is 0.178 e. The molecule has 88 valence electrons. The van der Waals surface area contributed by atoms with E-state index in [0.29, 0.717) is 26.9 Å². The number of thiazole rings is 1. The van der Waals surface area contributed by atoms with Gasteiger partial charge in [-0.2, -0.15) is 0 Å². The first-order valence-corrected chi connectivity index (χ1v) is 6.17. The van der Waals surface area contributed by atoms with Crippen molar-refractivity contribution in [2.24, 2.45) is 0 Å². The van der Waals surface area contributed by atoms with Crippen molar-refractivity contribution in [3.8, 4) is 10.6 Å². The molecule has 0 unspecified atom stereocenters. The molecule has 1 aromatic carbocycles. The Hall–Kier alpha value is -1.26. The summed E-state index contributed by atoms with van der Waals surface area (Å²) in [5, 5.41) is 2.64. The van der Waals surface area contributed by atoms with E-state index in [1.165, 1.54) is 24.3 Å². The van der Waals surface area contributed by atoms with Gasteiger partial charge in [-0.25, -0.2) is 9.37 Å². The summed E-state index contributed by atoms with van der Waals surface area (Å²) in [7, 11) is 0. The third kappa shape index (κ3) is 2.37. The highest BCUT2D eigenvalue weighted by Gasteiger charge is 2.13. The largest absolute Gasteiger partial charge is 0.293 e. The lowest BCUT2D eigenvalue weighted by atomic mass is 10.1. The normalized spacial score (nSPS) is 10.6. The fourth-order valence-electron chi connectivity index (χ4n) is 1.37. The van der Waals surface area contributed by atoms with E-state index < -0.39 is 0 Å². The van der Waals surface area contributed by atoms with Crippen LogP contribution in [0.5, 0.6) is 0 Å². The SMILES string of the molecule is CC(=O)c1csc(-c2cc(F)c(C)cc2Cl)n1. The summed E-state index contributed by atoms with van der Waals surface area (Å²) in [5.41, 5.74) is 1.39. The number of aromatic nitrogens is 1. The molecule has 1 heterocycles. The van der Waals surface area contributed by atoms with Crippen LogP contribution in [0.25, 0.3) is 10.6 Å². The third-order valence-electron chi connectivity index (χ3n) is 2.34. The molecule has 0 saturated heterocycles. The van der Waals surface area contributed by atoms with Crippen LogP contribution in [-0.2, 0) is 0 Å². The molecule has 0 bridgehead atoms. The molecule has 2 rings (SSSR count). The van der Waals surface area contributed by atoms with Crippen LogP contribution in [0.2, 0.25) is 5.02 Å². The molecule has 0 aliphatic carbocycles. The minimum Gasteiger partial charge on any atom is -0.293 e. The summed E-state index contributed by atoms with van der Waals surface area (Å²) in [4.78, 5) is 15.3. The van der Waals surface area contributed by atoms with E-state index in [2.05, 4.69) is 4.98 Å². The summed E-state index contributed by atoms with van der Waals surface area (Å²) < 4.78 is 13.5. The van der Waals surface area contributed by atoms with Gasteiger partial charge in [-0.05, 0) is 24.6 Å². The predicted molar refractivity (Wildman–Crippen MR) is 67.3 cm³/mol. The smallest absolute Gasteiger partial charge is 0.178 e. The lowest BCUT2D eigenvalue weighted by Gasteiger charge is -2.03. The number of halogens is 2. The van der Waals surface area contributed by atoms with E-state index in [-0.39, 0.29) is 11.6 Å². The molecule has 0 spiro atoms. The number of rotatable bonds is 2. The minimum atomic E-state index is -0.330. The second-order valence-electron chi connectivity index (χ2n) is 3.68. The lowest BCUT2D eigenvalue weighted by molar-refractivity contribution is 0.101. The van der Waals surface area contributed by atoms with E-state index in [1.807, 2.05) is 0 Å². The number of carbonyl (C=O) groups is 1. The molecule has 0 saturated carbocycles. The first-order valence-electron chi connectivity index (χ1n) is 4.91. The Kier molecular flexibility index (Phi) is 3.26. The van der Waals surface area contributed by atoms with Crippen molar-refractivity contribution in [2.45, 2.75) is 13.8 Å². The highest BCUT2D eigenvalue weighted by atomic mass is 35.5. The molecule has 0 atom stereocenters. The molecular formula is C12H9ClFNOS. The van der Waals surface area contributed by atoms with Gasteiger partial charge >= 0.3 is 0 Å². The third-order valence-corrected chi connectivity index (χ3v) is 3.53. The van der Waals surface area contributed by atoms with Gasteiger partial charge in [-0.1, -0.05) is 11.6 Å². The first-order chi connectivity index (χ1) is 7.99. The molecule has 1 aromatic heterocycles. The van der Waals surface area contributed by atoms with Gasteiger partial charge < -0.3 is 0 Å². The predicted octanol–water partition coefficient (Wildman–Crippen LogP) is 4.11. The van der Waals surface area contributed by atoms with Crippen LogP contribution in [0.4, 0.5) is 4.39 Å². The Morgan fingerprint density at radius 3 is 2.76 bits per heavy atom. The Morgan fingerprint density at radius 1 is 1.47 bits per heavy atom. The number of aryl methyl sites for hydroxylation is 1. The molecule has 17 heavy (non-hydrogen) atoms. The van der Waals surface area contributed by atoms with Gasteiger partial charge in [-0.3, -0.25) is 4.79 Å². The second-order valence-corrected chi connectivity index (χ2v) is 4.94. The van der Waals surface area contributed by atoms with Crippen molar-refractivity contribution in [2.75, 3.05) is 0 Å². The summed E-state index contributed by atoms with van der Waals surface area (Å²) >= 11 is 7.32. The van der Waals surface area contributed by atoms with Crippen LogP contribution < -0.4 is 0 Å². The maximum absolute atomic E-state index is 13.5. The van der Waals surface area contributed by atoms with Crippen LogP contribution in [0.1, 0.15) is 23.0 Å². The van der Waals surface area contributed by atoms with Gasteiger partial charge in [0.2, 0.25) is 0 Å². The zero-order valence-corrected chi connectivity index (χ0v) is 10.8. The molecule has 2 aromatic rings. The molecule has 5 heteroatoms. The standard InChI is InChI=1S/C12H9ClFNOS/c1-6-3-9(13)8(4-10(6)14)12-15-11(5-17-12)7(2)16/h3-5H,1-2H3. The average molecular weight is 270 g/mol. The second kappa shape index (κ2) is 4.55. The lowest BCUT2D eigenvalue weighted by Crippen LogP contribution is -1.92. The zero-order chi connectivity index (χ0) is 12.6. The number of nitrogens with zero attached hydrogens (tertiary/aromatic N) is 1. The summed E-state index contributed by atoms with van der Waals surface area (Å²) in [6.07, 6.45) is 0. The molecule has 0 aliphatic heterocycles. The fourth-order valence-corrected chi connectivity index (χ4v) is 2.62. The van der Waals surface area contributed by atoms with Gasteiger partial charge in [0, 0.05) is 17.9 Å². The molecule has 0 N–H and O–H groups in total. The van der Waals surface area contributed by atoms with E-state index in [1.54, 1.807) is 18.4 Å². The minimum absolute atomic E-state index is 0.115. The molecule has 2 nitrogen and oxygen atoms in total.